The van der Waals surface area contributed by atoms with Gasteiger partial charge in [0.1, 0.15) is 0 Å². The number of imidazole rings is 1. The molecule has 0 radical (unpaired) electrons. The van der Waals surface area contributed by atoms with E-state index < -0.39 is 18.6 Å². The molecule has 1 unspecified atom stereocenters. The molecule has 1 atom stereocenters. The zero-order chi connectivity index (χ0) is 13.9. The number of rotatable bonds is 4. The average molecular weight is 276 g/mol. The number of fused-ring (bicyclic) bond motifs is 1. The summed E-state index contributed by atoms with van der Waals surface area (Å²) in [4.78, 5) is 18.8. The van der Waals surface area contributed by atoms with Crippen LogP contribution in [0.25, 0.3) is 0 Å². The van der Waals surface area contributed by atoms with Crippen LogP contribution in [0.4, 0.5) is 13.2 Å². The molecule has 2 heterocycles. The Labute approximate surface area is 108 Å². The zero-order valence-electron chi connectivity index (χ0n) is 10.2. The molecule has 19 heavy (non-hydrogen) atoms. The highest BCUT2D eigenvalue weighted by molar-refractivity contribution is 5.82. The van der Waals surface area contributed by atoms with Crippen molar-refractivity contribution < 1.29 is 18.0 Å². The molecule has 0 aliphatic carbocycles. The maximum absolute atomic E-state index is 11.9. The Hall–Kier alpha value is -1.57. The highest BCUT2D eigenvalue weighted by Crippen LogP contribution is 2.20. The highest BCUT2D eigenvalue weighted by Gasteiger charge is 2.27. The van der Waals surface area contributed by atoms with E-state index in [2.05, 4.69) is 20.6 Å². The van der Waals surface area contributed by atoms with E-state index in [1.54, 1.807) is 6.33 Å². The van der Waals surface area contributed by atoms with Crippen molar-refractivity contribution in [1.82, 2.24) is 20.6 Å². The van der Waals surface area contributed by atoms with E-state index in [-0.39, 0.29) is 18.9 Å². The number of halogens is 3. The van der Waals surface area contributed by atoms with Crippen LogP contribution in [-0.2, 0) is 17.8 Å². The maximum atomic E-state index is 11.9. The van der Waals surface area contributed by atoms with Gasteiger partial charge in [-0.15, -0.1) is 0 Å². The van der Waals surface area contributed by atoms with Crippen LogP contribution in [0.1, 0.15) is 24.2 Å². The van der Waals surface area contributed by atoms with Gasteiger partial charge in [-0.1, -0.05) is 0 Å². The number of nitrogens with zero attached hydrogens (tertiary/aromatic N) is 1. The van der Waals surface area contributed by atoms with Crippen molar-refractivity contribution in [3.8, 4) is 0 Å². The minimum Gasteiger partial charge on any atom is -0.355 e. The molecule has 1 amide bonds. The van der Waals surface area contributed by atoms with Gasteiger partial charge in [0, 0.05) is 25.9 Å². The fourth-order valence-electron chi connectivity index (χ4n) is 1.98. The Morgan fingerprint density at radius 2 is 2.32 bits per heavy atom. The topological polar surface area (TPSA) is 69.8 Å². The van der Waals surface area contributed by atoms with E-state index in [0.717, 1.165) is 11.4 Å². The summed E-state index contributed by atoms with van der Waals surface area (Å²) >= 11 is 0. The van der Waals surface area contributed by atoms with Crippen LogP contribution < -0.4 is 10.6 Å². The summed E-state index contributed by atoms with van der Waals surface area (Å²) in [6.07, 6.45) is -3.14. The van der Waals surface area contributed by atoms with Crippen molar-refractivity contribution in [2.45, 2.75) is 38.0 Å². The second kappa shape index (κ2) is 5.60. The van der Waals surface area contributed by atoms with Crippen LogP contribution >= 0.6 is 0 Å². The summed E-state index contributed by atoms with van der Waals surface area (Å²) in [5.74, 6) is -0.282. The number of aromatic nitrogens is 2. The van der Waals surface area contributed by atoms with Gasteiger partial charge in [0.25, 0.3) is 0 Å². The van der Waals surface area contributed by atoms with Crippen molar-refractivity contribution in [3.05, 3.63) is 17.7 Å². The first-order chi connectivity index (χ1) is 8.96. The number of hydrogen-bond acceptors (Lipinski definition) is 3. The SMILES string of the molecule is O=C(NCCCC(F)(F)F)C1Cc2nc[nH]c2CN1. The van der Waals surface area contributed by atoms with Gasteiger partial charge < -0.3 is 10.3 Å². The van der Waals surface area contributed by atoms with Crippen LogP contribution in [0.5, 0.6) is 0 Å². The Bertz CT molecular complexity index is 443. The van der Waals surface area contributed by atoms with E-state index in [9.17, 15) is 18.0 Å². The summed E-state index contributed by atoms with van der Waals surface area (Å²) in [7, 11) is 0. The first-order valence-corrected chi connectivity index (χ1v) is 6.04. The van der Waals surface area contributed by atoms with Crippen molar-refractivity contribution in [3.63, 3.8) is 0 Å². The molecule has 1 aromatic heterocycles. The molecule has 1 aromatic rings. The lowest BCUT2D eigenvalue weighted by atomic mass is 10.0. The number of hydrogen-bond donors (Lipinski definition) is 3. The third-order valence-corrected chi connectivity index (χ3v) is 2.98. The van der Waals surface area contributed by atoms with Crippen LogP contribution in [-0.4, -0.2) is 34.6 Å². The molecule has 1 aliphatic rings. The summed E-state index contributed by atoms with van der Waals surface area (Å²) < 4.78 is 35.8. The Balaban J connectivity index is 1.73. The normalized spacial score (nSPS) is 19.0. The predicted octanol–water partition coefficient (Wildman–Crippen LogP) is 0.883. The molecule has 0 saturated carbocycles. The van der Waals surface area contributed by atoms with Gasteiger partial charge >= 0.3 is 6.18 Å². The van der Waals surface area contributed by atoms with Gasteiger partial charge in [0.05, 0.1) is 23.8 Å². The molecule has 3 N–H and O–H groups in total. The highest BCUT2D eigenvalue weighted by atomic mass is 19.4. The van der Waals surface area contributed by atoms with Crippen molar-refractivity contribution >= 4 is 5.91 Å². The molecular formula is C11H15F3N4O. The predicted molar refractivity (Wildman–Crippen MR) is 61.2 cm³/mol. The molecule has 1 aliphatic heterocycles. The average Bonchev–Trinajstić information content (AvgIpc) is 2.80. The monoisotopic (exact) mass is 276 g/mol. The van der Waals surface area contributed by atoms with Gasteiger partial charge in [-0.25, -0.2) is 4.98 Å². The molecule has 0 bridgehead atoms. The van der Waals surface area contributed by atoms with E-state index in [4.69, 9.17) is 0 Å². The van der Waals surface area contributed by atoms with E-state index in [1.165, 1.54) is 0 Å². The van der Waals surface area contributed by atoms with Gasteiger partial charge in [0.2, 0.25) is 5.91 Å². The lowest BCUT2D eigenvalue weighted by molar-refractivity contribution is -0.136. The number of alkyl halides is 3. The van der Waals surface area contributed by atoms with E-state index in [1.807, 2.05) is 0 Å². The minimum atomic E-state index is -4.17. The van der Waals surface area contributed by atoms with Crippen molar-refractivity contribution in [1.29, 1.82) is 0 Å². The molecule has 0 aromatic carbocycles. The Morgan fingerprint density at radius 1 is 1.53 bits per heavy atom. The largest absolute Gasteiger partial charge is 0.389 e. The number of aromatic amines is 1. The summed E-state index contributed by atoms with van der Waals surface area (Å²) in [5, 5.41) is 5.52. The molecule has 0 fully saturated rings. The lowest BCUT2D eigenvalue weighted by Gasteiger charge is -2.22. The number of carbonyl (C=O) groups excluding carboxylic acids is 1. The number of amides is 1. The fraction of sp³-hybridized carbons (Fsp3) is 0.636. The molecule has 106 valence electrons. The molecule has 5 nitrogen and oxygen atoms in total. The standard InChI is InChI=1S/C11H15F3N4O/c12-11(13,14)2-1-3-15-10(19)8-4-7-9(5-16-8)18-6-17-7/h6,8,16H,1-5H2,(H,15,19)(H,17,18). The maximum Gasteiger partial charge on any atom is 0.389 e. The minimum absolute atomic E-state index is 0.0317. The van der Waals surface area contributed by atoms with Gasteiger partial charge in [0.15, 0.2) is 0 Å². The fourth-order valence-corrected chi connectivity index (χ4v) is 1.98. The molecule has 0 saturated heterocycles. The van der Waals surface area contributed by atoms with E-state index in [0.29, 0.717) is 13.0 Å². The van der Waals surface area contributed by atoms with Gasteiger partial charge in [-0.2, -0.15) is 13.2 Å². The first kappa shape index (κ1) is 13.9. The second-order valence-electron chi connectivity index (χ2n) is 4.48. The third-order valence-electron chi connectivity index (χ3n) is 2.98. The first-order valence-electron chi connectivity index (χ1n) is 6.04. The summed E-state index contributed by atoms with van der Waals surface area (Å²) in [6.45, 7) is 0.542. The summed E-state index contributed by atoms with van der Waals surface area (Å²) in [6, 6.07) is -0.429. The lowest BCUT2D eigenvalue weighted by Crippen LogP contribution is -2.48. The smallest absolute Gasteiger partial charge is 0.355 e. The van der Waals surface area contributed by atoms with Crippen LogP contribution in [0.3, 0.4) is 0 Å². The van der Waals surface area contributed by atoms with E-state index >= 15 is 0 Å². The van der Waals surface area contributed by atoms with Crippen molar-refractivity contribution in [2.75, 3.05) is 6.54 Å². The van der Waals surface area contributed by atoms with Crippen molar-refractivity contribution in [2.24, 2.45) is 0 Å². The van der Waals surface area contributed by atoms with Gasteiger partial charge in [-0.05, 0) is 6.42 Å². The molecule has 2 rings (SSSR count). The van der Waals surface area contributed by atoms with Crippen LogP contribution in [0, 0.1) is 0 Å². The third kappa shape index (κ3) is 3.95. The molecular weight excluding hydrogens is 261 g/mol. The number of carbonyl (C=O) groups is 1. The number of H-pyrrole nitrogens is 1. The Morgan fingerprint density at radius 3 is 3.05 bits per heavy atom. The van der Waals surface area contributed by atoms with Gasteiger partial charge in [-0.3, -0.25) is 10.1 Å². The quantitative estimate of drug-likeness (QED) is 0.715. The number of nitrogens with one attached hydrogen (secondary N) is 3. The van der Waals surface area contributed by atoms with Crippen LogP contribution in [0.2, 0.25) is 0 Å². The zero-order valence-corrected chi connectivity index (χ0v) is 10.2. The second-order valence-corrected chi connectivity index (χ2v) is 4.48. The molecule has 0 spiro atoms. The summed E-state index contributed by atoms with van der Waals surface area (Å²) in [5.41, 5.74) is 1.77. The molecule has 8 heteroatoms. The Kier molecular flexibility index (Phi) is 4.08. The van der Waals surface area contributed by atoms with Crippen LogP contribution in [0.15, 0.2) is 6.33 Å².